The molecule has 0 saturated carbocycles. The molecule has 2 rings (SSSR count). The Morgan fingerprint density at radius 2 is 1.65 bits per heavy atom. The van der Waals surface area contributed by atoms with E-state index in [2.05, 4.69) is 5.32 Å². The summed E-state index contributed by atoms with van der Waals surface area (Å²) in [5, 5.41) is 2.76. The molecule has 0 unspecified atom stereocenters. The molecule has 5 nitrogen and oxygen atoms in total. The maximum Gasteiger partial charge on any atom is 0.347 e. The molecule has 0 aromatic heterocycles. The number of nitrogens with one attached hydrogen (secondary N) is 1. The number of esters is 1. The number of hydrogen-bond acceptors (Lipinski definition) is 4. The Hall–Kier alpha value is -2.82. The zero-order chi connectivity index (χ0) is 19.1. The van der Waals surface area contributed by atoms with Gasteiger partial charge in [-0.3, -0.25) is 4.79 Å². The molecule has 2 atom stereocenters. The molecule has 0 bridgehead atoms. The first kappa shape index (κ1) is 19.5. The van der Waals surface area contributed by atoms with E-state index >= 15 is 0 Å². The highest BCUT2D eigenvalue weighted by atomic mass is 16.6. The lowest BCUT2D eigenvalue weighted by Gasteiger charge is -2.18. The molecule has 0 aliphatic carbocycles. The summed E-state index contributed by atoms with van der Waals surface area (Å²) >= 11 is 0. The lowest BCUT2D eigenvalue weighted by atomic mass is 10.1. The lowest BCUT2D eigenvalue weighted by molar-refractivity contribution is -0.160. The first-order valence-electron chi connectivity index (χ1n) is 8.62. The molecule has 0 aliphatic heterocycles. The van der Waals surface area contributed by atoms with Crippen LogP contribution in [0.3, 0.4) is 0 Å². The number of carbonyl (C=O) groups is 2. The van der Waals surface area contributed by atoms with Crippen molar-refractivity contribution in [2.45, 2.75) is 46.4 Å². The number of amides is 1. The maximum absolute atomic E-state index is 12.1. The summed E-state index contributed by atoms with van der Waals surface area (Å²) in [7, 11) is 0. The second-order valence-electron chi connectivity index (χ2n) is 6.36. The fourth-order valence-electron chi connectivity index (χ4n) is 2.30. The summed E-state index contributed by atoms with van der Waals surface area (Å²) in [5.74, 6) is -0.336. The smallest absolute Gasteiger partial charge is 0.347 e. The SMILES string of the molecule is Cc1ccc(CNC(=O)[C@H](C)OC(=O)[C@H](C)Oc2cccc(C)c2)cc1. The molecule has 138 valence electrons. The highest BCUT2D eigenvalue weighted by Crippen LogP contribution is 2.15. The van der Waals surface area contributed by atoms with Crippen LogP contribution in [-0.2, 0) is 20.9 Å². The second kappa shape index (κ2) is 9.04. The van der Waals surface area contributed by atoms with Gasteiger partial charge in [0.15, 0.2) is 12.2 Å². The van der Waals surface area contributed by atoms with Crippen molar-refractivity contribution in [2.75, 3.05) is 0 Å². The van der Waals surface area contributed by atoms with Crippen LogP contribution in [0, 0.1) is 13.8 Å². The Morgan fingerprint density at radius 1 is 0.962 bits per heavy atom. The van der Waals surface area contributed by atoms with Gasteiger partial charge < -0.3 is 14.8 Å². The van der Waals surface area contributed by atoms with Gasteiger partial charge in [-0.05, 0) is 51.0 Å². The summed E-state index contributed by atoms with van der Waals surface area (Å²) in [6, 6.07) is 15.3. The van der Waals surface area contributed by atoms with E-state index in [0.29, 0.717) is 12.3 Å². The van der Waals surface area contributed by atoms with Gasteiger partial charge in [0.2, 0.25) is 0 Å². The zero-order valence-electron chi connectivity index (χ0n) is 15.6. The molecule has 5 heteroatoms. The zero-order valence-corrected chi connectivity index (χ0v) is 15.6. The van der Waals surface area contributed by atoms with E-state index in [0.717, 1.165) is 16.7 Å². The molecule has 0 heterocycles. The van der Waals surface area contributed by atoms with Gasteiger partial charge in [-0.15, -0.1) is 0 Å². The molecule has 0 spiro atoms. The molecule has 2 aromatic rings. The fraction of sp³-hybridized carbons (Fsp3) is 0.333. The average molecular weight is 355 g/mol. The van der Waals surface area contributed by atoms with E-state index in [-0.39, 0.29) is 5.91 Å². The minimum Gasteiger partial charge on any atom is -0.479 e. The van der Waals surface area contributed by atoms with Crippen molar-refractivity contribution >= 4 is 11.9 Å². The van der Waals surface area contributed by atoms with Gasteiger partial charge in [-0.2, -0.15) is 0 Å². The van der Waals surface area contributed by atoms with Crippen LogP contribution in [-0.4, -0.2) is 24.1 Å². The standard InChI is InChI=1S/C21H25NO4/c1-14-8-10-18(11-9-14)13-22-20(23)16(3)26-21(24)17(4)25-19-7-5-6-15(2)12-19/h5-12,16-17H,13H2,1-4H3,(H,22,23)/t16-,17-/m0/s1. The molecule has 0 radical (unpaired) electrons. The summed E-state index contributed by atoms with van der Waals surface area (Å²) in [4.78, 5) is 24.2. The number of benzene rings is 2. The molecule has 26 heavy (non-hydrogen) atoms. The van der Waals surface area contributed by atoms with Crippen molar-refractivity contribution in [3.8, 4) is 5.75 Å². The Bertz CT molecular complexity index is 755. The highest BCUT2D eigenvalue weighted by Gasteiger charge is 2.23. The van der Waals surface area contributed by atoms with Gasteiger partial charge in [0.25, 0.3) is 5.91 Å². The minimum atomic E-state index is -0.892. The number of hydrogen-bond donors (Lipinski definition) is 1. The minimum absolute atomic E-state index is 0.346. The van der Waals surface area contributed by atoms with Crippen molar-refractivity contribution in [3.05, 3.63) is 65.2 Å². The maximum atomic E-state index is 12.1. The molecular weight excluding hydrogens is 330 g/mol. The van der Waals surface area contributed by atoms with Crippen LogP contribution in [0.4, 0.5) is 0 Å². The van der Waals surface area contributed by atoms with Gasteiger partial charge >= 0.3 is 5.97 Å². The van der Waals surface area contributed by atoms with Crippen molar-refractivity contribution in [1.82, 2.24) is 5.32 Å². The van der Waals surface area contributed by atoms with Crippen molar-refractivity contribution in [1.29, 1.82) is 0 Å². The van der Waals surface area contributed by atoms with Crippen LogP contribution >= 0.6 is 0 Å². The number of carbonyl (C=O) groups excluding carboxylic acids is 2. The van der Waals surface area contributed by atoms with E-state index in [4.69, 9.17) is 9.47 Å². The van der Waals surface area contributed by atoms with E-state index in [1.165, 1.54) is 0 Å². The first-order chi connectivity index (χ1) is 12.3. The van der Waals surface area contributed by atoms with Crippen LogP contribution in [0.2, 0.25) is 0 Å². The third-order valence-corrected chi connectivity index (χ3v) is 3.88. The van der Waals surface area contributed by atoms with E-state index < -0.39 is 18.2 Å². The summed E-state index contributed by atoms with van der Waals surface area (Å²) in [5.41, 5.74) is 3.18. The van der Waals surface area contributed by atoms with Crippen LogP contribution < -0.4 is 10.1 Å². The fourth-order valence-corrected chi connectivity index (χ4v) is 2.30. The normalized spacial score (nSPS) is 12.8. The summed E-state index contributed by atoms with van der Waals surface area (Å²) < 4.78 is 10.8. The van der Waals surface area contributed by atoms with E-state index in [9.17, 15) is 9.59 Å². The second-order valence-corrected chi connectivity index (χ2v) is 6.36. The predicted octanol–water partition coefficient (Wildman–Crippen LogP) is 3.32. The Labute approximate surface area is 154 Å². The topological polar surface area (TPSA) is 64.6 Å². The number of aryl methyl sites for hydroxylation is 2. The molecule has 0 saturated heterocycles. The quantitative estimate of drug-likeness (QED) is 0.774. The Balaban J connectivity index is 1.81. The van der Waals surface area contributed by atoms with Gasteiger partial charge in [-0.1, -0.05) is 42.0 Å². The van der Waals surface area contributed by atoms with E-state index in [1.54, 1.807) is 19.9 Å². The van der Waals surface area contributed by atoms with Gasteiger partial charge in [0.1, 0.15) is 5.75 Å². The van der Waals surface area contributed by atoms with Crippen LogP contribution in [0.1, 0.15) is 30.5 Å². The molecule has 1 amide bonds. The molecule has 0 aliphatic rings. The monoisotopic (exact) mass is 355 g/mol. The lowest BCUT2D eigenvalue weighted by Crippen LogP contribution is -2.38. The number of rotatable bonds is 7. The first-order valence-corrected chi connectivity index (χ1v) is 8.62. The summed E-state index contributed by atoms with van der Waals surface area (Å²) in [6.07, 6.45) is -1.69. The summed E-state index contributed by atoms with van der Waals surface area (Å²) in [6.45, 7) is 7.47. The Kier molecular flexibility index (Phi) is 6.78. The Morgan fingerprint density at radius 3 is 2.31 bits per heavy atom. The molecule has 0 fully saturated rings. The van der Waals surface area contributed by atoms with Gasteiger partial charge in [0, 0.05) is 6.54 Å². The highest BCUT2D eigenvalue weighted by molar-refractivity contribution is 5.84. The molecule has 2 aromatic carbocycles. The third-order valence-electron chi connectivity index (χ3n) is 3.88. The van der Waals surface area contributed by atoms with E-state index in [1.807, 2.05) is 56.3 Å². The van der Waals surface area contributed by atoms with Crippen LogP contribution in [0.25, 0.3) is 0 Å². The van der Waals surface area contributed by atoms with Crippen molar-refractivity contribution in [3.63, 3.8) is 0 Å². The third kappa shape index (κ3) is 5.92. The molecule has 1 N–H and O–H groups in total. The van der Waals surface area contributed by atoms with Crippen LogP contribution in [0.15, 0.2) is 48.5 Å². The van der Waals surface area contributed by atoms with Gasteiger partial charge in [-0.25, -0.2) is 4.79 Å². The van der Waals surface area contributed by atoms with Crippen molar-refractivity contribution in [2.24, 2.45) is 0 Å². The van der Waals surface area contributed by atoms with Gasteiger partial charge in [0.05, 0.1) is 0 Å². The molecular formula is C21H25NO4. The largest absolute Gasteiger partial charge is 0.479 e. The van der Waals surface area contributed by atoms with Crippen LogP contribution in [0.5, 0.6) is 5.75 Å². The predicted molar refractivity (Wildman–Crippen MR) is 99.8 cm³/mol. The average Bonchev–Trinajstić information content (AvgIpc) is 2.60. The number of ether oxygens (including phenoxy) is 2. The van der Waals surface area contributed by atoms with Crippen molar-refractivity contribution < 1.29 is 19.1 Å².